The Kier molecular flexibility index (Phi) is 7.79. The van der Waals surface area contributed by atoms with E-state index in [0.717, 1.165) is 52.6 Å². The van der Waals surface area contributed by atoms with E-state index >= 15 is 0 Å². The van der Waals surface area contributed by atoms with Crippen molar-refractivity contribution in [3.05, 3.63) is 69.6 Å². The van der Waals surface area contributed by atoms with Crippen LogP contribution in [0.3, 0.4) is 0 Å². The molecule has 4 rings (SSSR count). The van der Waals surface area contributed by atoms with Crippen molar-refractivity contribution >= 4 is 80.3 Å². The van der Waals surface area contributed by atoms with Crippen LogP contribution in [0.4, 0.5) is 24.0 Å². The van der Waals surface area contributed by atoms with Crippen molar-refractivity contribution in [3.8, 4) is 0 Å². The molecule has 2 amide bonds. The molecule has 0 spiro atoms. The molecule has 14 heteroatoms. The molecule has 1 aliphatic rings. The molecule has 1 aromatic heterocycles. The molecule has 1 saturated heterocycles. The Morgan fingerprint density at radius 3 is 2.71 bits per heavy atom. The monoisotopic (exact) mass is 555 g/mol. The van der Waals surface area contributed by atoms with Gasteiger partial charge in [0, 0.05) is 10.7 Å². The Hall–Kier alpha value is -2.87. The number of carbonyl (C=O) groups excluding carboxylic acids is 2. The molecule has 0 unspecified atom stereocenters. The number of nitrogens with one attached hydrogen (secondary N) is 2. The molecule has 2 aromatic carbocycles. The van der Waals surface area contributed by atoms with E-state index in [4.69, 9.17) is 11.6 Å². The van der Waals surface area contributed by atoms with Crippen LogP contribution in [0.15, 0.2) is 62.8 Å². The lowest BCUT2D eigenvalue weighted by atomic mass is 10.2. The van der Waals surface area contributed by atoms with E-state index in [0.29, 0.717) is 19.4 Å². The number of hydrogen-bond donors (Lipinski definition) is 2. The smallest absolute Gasteiger partial charge is 0.325 e. The molecule has 7 nitrogen and oxygen atoms in total. The van der Waals surface area contributed by atoms with Gasteiger partial charge in [-0.05, 0) is 53.7 Å². The van der Waals surface area contributed by atoms with Crippen LogP contribution in [0.1, 0.15) is 11.1 Å². The number of alkyl halides is 3. The molecule has 0 bridgehead atoms. The Morgan fingerprint density at radius 1 is 1.20 bits per heavy atom. The average molecular weight is 556 g/mol. The maximum Gasteiger partial charge on any atom is 0.416 e. The summed E-state index contributed by atoms with van der Waals surface area (Å²) in [5.74, 6) is -0.872. The molecular formula is C21H13ClF3N5O2S3. The normalized spacial score (nSPS) is 16.1. The largest absolute Gasteiger partial charge is 0.416 e. The van der Waals surface area contributed by atoms with E-state index in [2.05, 4.69) is 25.8 Å². The summed E-state index contributed by atoms with van der Waals surface area (Å²) in [6.07, 6.45) is -2.79. The number of rotatable bonds is 6. The number of hydrogen-bond acceptors (Lipinski definition) is 8. The molecule has 3 aromatic rings. The molecule has 2 heterocycles. The zero-order valence-electron chi connectivity index (χ0n) is 17.3. The van der Waals surface area contributed by atoms with Gasteiger partial charge in [0.2, 0.25) is 11.0 Å². The lowest BCUT2D eigenvalue weighted by molar-refractivity contribution is -0.137. The van der Waals surface area contributed by atoms with Crippen LogP contribution in [0.2, 0.25) is 5.02 Å². The number of anilines is 1. The number of aliphatic imine (C=N–C) groups is 1. The van der Waals surface area contributed by atoms with Gasteiger partial charge in [-0.15, -0.1) is 10.2 Å². The summed E-state index contributed by atoms with van der Waals surface area (Å²) in [6, 6.07) is 11.4. The molecule has 1 aliphatic heterocycles. The van der Waals surface area contributed by atoms with E-state index in [1.54, 1.807) is 30.3 Å². The minimum Gasteiger partial charge on any atom is -0.325 e. The quantitative estimate of drug-likeness (QED) is 0.293. The SMILES string of the molecule is O=C(CSc1nnc(/N=C2\NC(=O)/C(=C/c3ccc(Cl)cc3)S2)s1)Nc1cccc(C(F)(F)F)c1. The van der Waals surface area contributed by atoms with E-state index in [-0.39, 0.29) is 22.5 Å². The fourth-order valence-electron chi connectivity index (χ4n) is 2.68. The Bertz CT molecular complexity index is 1330. The van der Waals surface area contributed by atoms with Crippen molar-refractivity contribution < 1.29 is 22.8 Å². The fraction of sp³-hybridized carbons (Fsp3) is 0.0952. The topological polar surface area (TPSA) is 96.3 Å². The van der Waals surface area contributed by atoms with Gasteiger partial charge < -0.3 is 10.6 Å². The third-order valence-electron chi connectivity index (χ3n) is 4.21. The predicted molar refractivity (Wildman–Crippen MR) is 133 cm³/mol. The summed E-state index contributed by atoms with van der Waals surface area (Å²) >= 11 is 9.19. The highest BCUT2D eigenvalue weighted by Gasteiger charge is 2.30. The second-order valence-electron chi connectivity index (χ2n) is 6.80. The van der Waals surface area contributed by atoms with Gasteiger partial charge in [-0.25, -0.2) is 0 Å². The van der Waals surface area contributed by atoms with E-state index in [9.17, 15) is 22.8 Å². The average Bonchev–Trinajstić information content (AvgIpc) is 3.39. The van der Waals surface area contributed by atoms with Crippen LogP contribution >= 0.6 is 46.5 Å². The van der Waals surface area contributed by atoms with E-state index in [1.165, 1.54) is 12.1 Å². The van der Waals surface area contributed by atoms with Crippen molar-refractivity contribution in [2.75, 3.05) is 11.1 Å². The molecule has 0 saturated carbocycles. The first-order chi connectivity index (χ1) is 16.7. The van der Waals surface area contributed by atoms with Crippen LogP contribution in [-0.4, -0.2) is 32.9 Å². The zero-order chi connectivity index (χ0) is 25.0. The summed E-state index contributed by atoms with van der Waals surface area (Å²) < 4.78 is 38.9. The van der Waals surface area contributed by atoms with Crippen LogP contribution in [-0.2, 0) is 15.8 Å². The highest BCUT2D eigenvalue weighted by molar-refractivity contribution is 8.18. The van der Waals surface area contributed by atoms with Gasteiger partial charge >= 0.3 is 6.18 Å². The van der Waals surface area contributed by atoms with Gasteiger partial charge in [-0.1, -0.05) is 52.9 Å². The number of thioether (sulfide) groups is 2. The summed E-state index contributed by atoms with van der Waals surface area (Å²) in [6.45, 7) is 0. The summed E-state index contributed by atoms with van der Waals surface area (Å²) in [5, 5.41) is 14.2. The zero-order valence-corrected chi connectivity index (χ0v) is 20.5. The Balaban J connectivity index is 1.33. The molecular weight excluding hydrogens is 543 g/mol. The molecule has 0 atom stereocenters. The molecule has 2 N–H and O–H groups in total. The molecule has 1 fully saturated rings. The fourth-order valence-corrected chi connectivity index (χ4v) is 5.21. The third-order valence-corrected chi connectivity index (χ3v) is 7.32. The molecule has 0 radical (unpaired) electrons. The number of carbonyl (C=O) groups is 2. The highest BCUT2D eigenvalue weighted by atomic mass is 35.5. The minimum absolute atomic E-state index is 0.0474. The van der Waals surface area contributed by atoms with Gasteiger partial charge in [0.05, 0.1) is 16.2 Å². The predicted octanol–water partition coefficient (Wildman–Crippen LogP) is 5.83. The first-order valence-electron chi connectivity index (χ1n) is 9.64. The second-order valence-corrected chi connectivity index (χ2v) is 10.4. The van der Waals surface area contributed by atoms with E-state index in [1.807, 2.05) is 0 Å². The van der Waals surface area contributed by atoms with Crippen molar-refractivity contribution in [2.45, 2.75) is 10.5 Å². The van der Waals surface area contributed by atoms with Crippen LogP contribution in [0.5, 0.6) is 0 Å². The number of amidine groups is 1. The van der Waals surface area contributed by atoms with Crippen molar-refractivity contribution in [1.82, 2.24) is 15.5 Å². The molecule has 35 heavy (non-hydrogen) atoms. The van der Waals surface area contributed by atoms with Gasteiger partial charge in [0.15, 0.2) is 9.51 Å². The van der Waals surface area contributed by atoms with Gasteiger partial charge in [0.1, 0.15) is 0 Å². The number of aromatic nitrogens is 2. The Labute approximate surface area is 214 Å². The second kappa shape index (κ2) is 10.8. The van der Waals surface area contributed by atoms with Gasteiger partial charge in [-0.3, -0.25) is 9.59 Å². The number of nitrogens with zero attached hydrogens (tertiary/aromatic N) is 3. The summed E-state index contributed by atoms with van der Waals surface area (Å²) in [5.41, 5.74) is 0.0106. The molecule has 180 valence electrons. The Morgan fingerprint density at radius 2 is 1.97 bits per heavy atom. The standard InChI is InChI=1S/C21H13ClF3N5O2S3/c22-13-6-4-11(5-7-13)8-15-17(32)27-18(34-15)28-19-29-30-20(35-19)33-10-16(31)26-14-3-1-2-12(9-14)21(23,24)25/h1-9H,10H2,(H,26,31)(H,27,28,29,32)/b15-8-. The number of amides is 2. The van der Waals surface area contributed by atoms with Crippen molar-refractivity contribution in [2.24, 2.45) is 4.99 Å². The van der Waals surface area contributed by atoms with Crippen LogP contribution < -0.4 is 10.6 Å². The lowest BCUT2D eigenvalue weighted by Crippen LogP contribution is -2.19. The van der Waals surface area contributed by atoms with Gasteiger partial charge in [-0.2, -0.15) is 18.2 Å². The minimum atomic E-state index is -4.50. The molecule has 0 aliphatic carbocycles. The van der Waals surface area contributed by atoms with E-state index < -0.39 is 17.6 Å². The van der Waals surface area contributed by atoms with Crippen LogP contribution in [0, 0.1) is 0 Å². The summed E-state index contributed by atoms with van der Waals surface area (Å²) in [7, 11) is 0. The first-order valence-corrected chi connectivity index (χ1v) is 12.6. The number of benzene rings is 2. The highest BCUT2D eigenvalue weighted by Crippen LogP contribution is 2.33. The maximum atomic E-state index is 12.8. The first kappa shape index (κ1) is 25.2. The maximum absolute atomic E-state index is 12.8. The van der Waals surface area contributed by atoms with Gasteiger partial charge in [0.25, 0.3) is 5.91 Å². The third kappa shape index (κ3) is 7.07. The lowest BCUT2D eigenvalue weighted by Gasteiger charge is -2.09. The van der Waals surface area contributed by atoms with Crippen molar-refractivity contribution in [3.63, 3.8) is 0 Å². The number of halogens is 4. The van der Waals surface area contributed by atoms with Crippen molar-refractivity contribution in [1.29, 1.82) is 0 Å². The van der Waals surface area contributed by atoms with Crippen LogP contribution in [0.25, 0.3) is 6.08 Å². The summed E-state index contributed by atoms with van der Waals surface area (Å²) in [4.78, 5) is 29.1.